The first-order valence-electron chi connectivity index (χ1n) is 6.55. The average Bonchev–Trinajstić information content (AvgIpc) is 2.47. The smallest absolute Gasteiger partial charge is 0.246 e. The Labute approximate surface area is 127 Å². The van der Waals surface area contributed by atoms with Crippen molar-refractivity contribution in [3.05, 3.63) is 29.3 Å². The summed E-state index contributed by atoms with van der Waals surface area (Å²) >= 11 is 5.49. The van der Waals surface area contributed by atoms with Gasteiger partial charge in [0.05, 0.1) is 19.1 Å². The lowest BCUT2D eigenvalue weighted by atomic mass is 10.2. The lowest BCUT2D eigenvalue weighted by molar-refractivity contribution is 0.0313. The zero-order valence-electron chi connectivity index (χ0n) is 11.5. The van der Waals surface area contributed by atoms with Gasteiger partial charge in [0.2, 0.25) is 10.0 Å². The van der Waals surface area contributed by atoms with E-state index in [4.69, 9.17) is 16.3 Å². The van der Waals surface area contributed by atoms with E-state index in [1.807, 2.05) is 6.92 Å². The summed E-state index contributed by atoms with van der Waals surface area (Å²) in [7, 11) is -4.05. The molecule has 0 amide bonds. The molecule has 2 rings (SSSR count). The molecule has 1 unspecified atom stereocenters. The van der Waals surface area contributed by atoms with E-state index in [9.17, 15) is 17.2 Å². The molecule has 0 aromatic heterocycles. The fourth-order valence-corrected chi connectivity index (χ4v) is 4.31. The number of ether oxygens (including phenoxy) is 1. The molecule has 1 aliphatic rings. The van der Waals surface area contributed by atoms with Gasteiger partial charge in [-0.3, -0.25) is 0 Å². The standard InChI is InChI=1S/C13H16ClF2NO3S/c1-2-9-8-20-6-5-17(9)21(18,19)12-4-3-11(15)10(7-14)13(12)16/h3-4,9H,2,5-8H2,1H3. The van der Waals surface area contributed by atoms with E-state index in [1.165, 1.54) is 4.31 Å². The van der Waals surface area contributed by atoms with Gasteiger partial charge in [-0.05, 0) is 18.6 Å². The summed E-state index contributed by atoms with van der Waals surface area (Å²) in [5.41, 5.74) is -0.431. The Bertz CT molecular complexity index is 624. The number of alkyl halides is 1. The number of benzene rings is 1. The Kier molecular flexibility index (Phi) is 5.19. The summed E-state index contributed by atoms with van der Waals surface area (Å²) in [5, 5.41) is 0. The van der Waals surface area contributed by atoms with Gasteiger partial charge in [-0.2, -0.15) is 4.31 Å². The molecule has 1 aromatic rings. The molecule has 118 valence electrons. The molecule has 0 bridgehead atoms. The zero-order chi connectivity index (χ0) is 15.6. The van der Waals surface area contributed by atoms with Crippen molar-refractivity contribution in [1.82, 2.24) is 4.31 Å². The number of morpholine rings is 1. The summed E-state index contributed by atoms with van der Waals surface area (Å²) in [5.74, 6) is -2.40. The molecule has 0 N–H and O–H groups in total. The number of halogens is 3. The maximum atomic E-state index is 14.3. The van der Waals surface area contributed by atoms with Crippen LogP contribution >= 0.6 is 11.6 Å². The van der Waals surface area contributed by atoms with Crippen LogP contribution in [0.1, 0.15) is 18.9 Å². The van der Waals surface area contributed by atoms with Crippen molar-refractivity contribution in [1.29, 1.82) is 0 Å². The van der Waals surface area contributed by atoms with Crippen molar-refractivity contribution in [2.24, 2.45) is 0 Å². The summed E-state index contributed by atoms with van der Waals surface area (Å²) in [6.45, 7) is 2.49. The normalized spacial score (nSPS) is 20.7. The van der Waals surface area contributed by atoms with Gasteiger partial charge in [-0.1, -0.05) is 6.92 Å². The van der Waals surface area contributed by atoms with Crippen LogP contribution in [-0.2, 0) is 20.6 Å². The molecule has 1 aliphatic heterocycles. The average molecular weight is 340 g/mol. The molecule has 1 aromatic carbocycles. The predicted octanol–water partition coefficient (Wildman–Crippen LogP) is 2.50. The molecular formula is C13H16ClF2NO3S. The predicted molar refractivity (Wildman–Crippen MR) is 74.7 cm³/mol. The van der Waals surface area contributed by atoms with Gasteiger partial charge < -0.3 is 4.74 Å². The topological polar surface area (TPSA) is 46.6 Å². The lowest BCUT2D eigenvalue weighted by Gasteiger charge is -2.34. The monoisotopic (exact) mass is 339 g/mol. The first kappa shape index (κ1) is 16.6. The molecule has 1 heterocycles. The molecule has 0 aliphatic carbocycles. The van der Waals surface area contributed by atoms with E-state index in [-0.39, 0.29) is 25.8 Å². The van der Waals surface area contributed by atoms with Crippen molar-refractivity contribution in [2.75, 3.05) is 19.8 Å². The van der Waals surface area contributed by atoms with Crippen LogP contribution in [0.3, 0.4) is 0 Å². The molecule has 0 saturated carbocycles. The van der Waals surface area contributed by atoms with E-state index < -0.39 is 38.0 Å². The second-order valence-electron chi connectivity index (χ2n) is 4.72. The van der Waals surface area contributed by atoms with Gasteiger partial charge in [0.25, 0.3) is 0 Å². The zero-order valence-corrected chi connectivity index (χ0v) is 13.1. The molecule has 21 heavy (non-hydrogen) atoms. The number of sulfonamides is 1. The van der Waals surface area contributed by atoms with Crippen LogP contribution in [0.4, 0.5) is 8.78 Å². The van der Waals surface area contributed by atoms with Crippen molar-refractivity contribution in [2.45, 2.75) is 30.2 Å². The largest absolute Gasteiger partial charge is 0.378 e. The lowest BCUT2D eigenvalue weighted by Crippen LogP contribution is -2.48. The SMILES string of the molecule is CCC1COCCN1S(=O)(=O)c1ccc(F)c(CCl)c1F. The van der Waals surface area contributed by atoms with Crippen molar-refractivity contribution in [3.8, 4) is 0 Å². The Morgan fingerprint density at radius 3 is 2.76 bits per heavy atom. The summed E-state index contributed by atoms with van der Waals surface area (Å²) < 4.78 is 59.4. The third-order valence-electron chi connectivity index (χ3n) is 3.52. The van der Waals surface area contributed by atoms with Gasteiger partial charge in [0.1, 0.15) is 10.7 Å². The van der Waals surface area contributed by atoms with Gasteiger partial charge in [-0.15, -0.1) is 11.6 Å². The van der Waals surface area contributed by atoms with Gasteiger partial charge in [-0.25, -0.2) is 17.2 Å². The van der Waals surface area contributed by atoms with Crippen molar-refractivity contribution < 1.29 is 21.9 Å². The third-order valence-corrected chi connectivity index (χ3v) is 5.75. The van der Waals surface area contributed by atoms with E-state index in [0.29, 0.717) is 6.42 Å². The molecule has 1 fully saturated rings. The van der Waals surface area contributed by atoms with E-state index in [0.717, 1.165) is 12.1 Å². The van der Waals surface area contributed by atoms with Crippen LogP contribution in [0, 0.1) is 11.6 Å². The molecule has 1 atom stereocenters. The maximum Gasteiger partial charge on any atom is 0.246 e. The number of hydrogen-bond donors (Lipinski definition) is 0. The highest BCUT2D eigenvalue weighted by Gasteiger charge is 2.35. The summed E-state index contributed by atoms with van der Waals surface area (Å²) in [6.07, 6.45) is 0.546. The number of rotatable bonds is 4. The van der Waals surface area contributed by atoms with Gasteiger partial charge >= 0.3 is 0 Å². The van der Waals surface area contributed by atoms with E-state index in [2.05, 4.69) is 0 Å². The highest BCUT2D eigenvalue weighted by atomic mass is 35.5. The molecular weight excluding hydrogens is 324 g/mol. The van der Waals surface area contributed by atoms with Crippen LogP contribution in [-0.4, -0.2) is 38.5 Å². The maximum absolute atomic E-state index is 14.3. The molecule has 0 radical (unpaired) electrons. The second kappa shape index (κ2) is 6.56. The fraction of sp³-hybridized carbons (Fsp3) is 0.538. The minimum atomic E-state index is -4.05. The quantitative estimate of drug-likeness (QED) is 0.792. The number of hydrogen-bond acceptors (Lipinski definition) is 3. The summed E-state index contributed by atoms with van der Waals surface area (Å²) in [4.78, 5) is -0.542. The fourth-order valence-electron chi connectivity index (χ4n) is 2.30. The second-order valence-corrected chi connectivity index (χ2v) is 6.85. The Morgan fingerprint density at radius 1 is 1.43 bits per heavy atom. The van der Waals surface area contributed by atoms with E-state index in [1.54, 1.807) is 0 Å². The van der Waals surface area contributed by atoms with Gasteiger partial charge in [0.15, 0.2) is 5.82 Å². The first-order valence-corrected chi connectivity index (χ1v) is 8.53. The van der Waals surface area contributed by atoms with Crippen molar-refractivity contribution >= 4 is 21.6 Å². The highest BCUT2D eigenvalue weighted by Crippen LogP contribution is 2.27. The summed E-state index contributed by atoms with van der Waals surface area (Å²) in [6, 6.07) is 1.51. The Hall–Kier alpha value is -0.760. The third kappa shape index (κ3) is 3.06. The minimum Gasteiger partial charge on any atom is -0.378 e. The Balaban J connectivity index is 2.49. The van der Waals surface area contributed by atoms with Crippen LogP contribution < -0.4 is 0 Å². The van der Waals surface area contributed by atoms with E-state index >= 15 is 0 Å². The molecule has 0 spiro atoms. The highest BCUT2D eigenvalue weighted by molar-refractivity contribution is 7.89. The van der Waals surface area contributed by atoms with Crippen LogP contribution in [0.2, 0.25) is 0 Å². The van der Waals surface area contributed by atoms with Crippen molar-refractivity contribution in [3.63, 3.8) is 0 Å². The van der Waals surface area contributed by atoms with Crippen LogP contribution in [0.25, 0.3) is 0 Å². The number of nitrogens with zero attached hydrogens (tertiary/aromatic N) is 1. The molecule has 8 heteroatoms. The van der Waals surface area contributed by atoms with Gasteiger partial charge in [0, 0.05) is 18.2 Å². The minimum absolute atomic E-state index is 0.147. The first-order chi connectivity index (χ1) is 9.93. The van der Waals surface area contributed by atoms with Crippen LogP contribution in [0.15, 0.2) is 17.0 Å². The van der Waals surface area contributed by atoms with Crippen LogP contribution in [0.5, 0.6) is 0 Å². The molecule has 4 nitrogen and oxygen atoms in total. The Morgan fingerprint density at radius 2 is 2.14 bits per heavy atom. The molecule has 1 saturated heterocycles.